The van der Waals surface area contributed by atoms with Gasteiger partial charge in [-0.2, -0.15) is 0 Å². The van der Waals surface area contributed by atoms with Crippen molar-refractivity contribution in [2.45, 2.75) is 59.0 Å². The first kappa shape index (κ1) is 23.6. The second-order valence-corrected chi connectivity index (χ2v) is 10.7. The van der Waals surface area contributed by atoms with Crippen molar-refractivity contribution in [3.8, 4) is 5.75 Å². The number of benzene rings is 1. The maximum Gasteiger partial charge on any atom is 0.318 e. The SMILES string of the molecule is Cc1ccc(OC[C@H]2c3ccsc3CCN2C(=O)CN(CC2CC2)C(=O)NC(C)C)c(C)c1. The molecule has 1 N–H and O–H groups in total. The first-order valence-electron chi connectivity index (χ1n) is 11.9. The zero-order valence-corrected chi connectivity index (χ0v) is 20.9. The number of nitrogens with zero attached hydrogens (tertiary/aromatic N) is 2. The summed E-state index contributed by atoms with van der Waals surface area (Å²) in [5.41, 5.74) is 3.46. The minimum absolute atomic E-state index is 0.0133. The number of amides is 3. The smallest absolute Gasteiger partial charge is 0.318 e. The fraction of sp³-hybridized carbons (Fsp3) is 0.538. The third-order valence-corrected chi connectivity index (χ3v) is 7.34. The van der Waals surface area contributed by atoms with Gasteiger partial charge >= 0.3 is 6.03 Å². The van der Waals surface area contributed by atoms with Gasteiger partial charge < -0.3 is 19.9 Å². The van der Waals surface area contributed by atoms with Crippen LogP contribution in [0.25, 0.3) is 0 Å². The maximum absolute atomic E-state index is 13.5. The predicted octanol–water partition coefficient (Wildman–Crippen LogP) is 4.70. The average molecular weight is 470 g/mol. The quantitative estimate of drug-likeness (QED) is 0.610. The van der Waals surface area contributed by atoms with Gasteiger partial charge in [-0.05, 0) is 81.5 Å². The molecule has 2 aromatic rings. The van der Waals surface area contributed by atoms with Crippen LogP contribution in [0.5, 0.6) is 5.75 Å². The molecule has 0 unspecified atom stereocenters. The van der Waals surface area contributed by atoms with Crippen molar-refractivity contribution in [2.24, 2.45) is 5.92 Å². The zero-order valence-electron chi connectivity index (χ0n) is 20.1. The Balaban J connectivity index is 1.49. The Morgan fingerprint density at radius 1 is 1.24 bits per heavy atom. The largest absolute Gasteiger partial charge is 0.491 e. The number of hydrogen-bond acceptors (Lipinski definition) is 4. The molecular formula is C26H35N3O3S. The van der Waals surface area contributed by atoms with E-state index in [0.717, 1.165) is 30.6 Å². The molecule has 2 heterocycles. The van der Waals surface area contributed by atoms with Crippen molar-refractivity contribution in [3.05, 3.63) is 51.2 Å². The van der Waals surface area contributed by atoms with Crippen LogP contribution >= 0.6 is 11.3 Å². The molecule has 0 spiro atoms. The summed E-state index contributed by atoms with van der Waals surface area (Å²) in [6.45, 7) is 9.80. The number of aryl methyl sites for hydroxylation is 2. The van der Waals surface area contributed by atoms with E-state index in [-0.39, 0.29) is 30.6 Å². The Bertz CT molecular complexity index is 998. The molecule has 2 aliphatic rings. The number of carbonyl (C=O) groups excluding carboxylic acids is 2. The number of hydrogen-bond donors (Lipinski definition) is 1. The molecule has 1 saturated carbocycles. The number of carbonyl (C=O) groups is 2. The normalized spacial score (nSPS) is 17.6. The number of fused-ring (bicyclic) bond motifs is 1. The van der Waals surface area contributed by atoms with E-state index in [0.29, 0.717) is 25.6 Å². The number of urea groups is 1. The second-order valence-electron chi connectivity index (χ2n) is 9.66. The standard InChI is InChI=1S/C26H35N3O3S/c1-17(2)27-26(31)28(14-20-6-7-20)15-25(30)29-11-9-24-21(10-12-33-24)22(29)16-32-23-8-5-18(3)13-19(23)4/h5,8,10,12-13,17,20,22H,6-7,9,11,14-16H2,1-4H3,(H,27,31)/t22-/m0/s1. The van der Waals surface area contributed by atoms with Crippen LogP contribution in [-0.2, 0) is 11.2 Å². The van der Waals surface area contributed by atoms with E-state index in [2.05, 4.69) is 29.8 Å². The van der Waals surface area contributed by atoms with Gasteiger partial charge in [0.15, 0.2) is 0 Å². The lowest BCUT2D eigenvalue weighted by atomic mass is 10.00. The highest BCUT2D eigenvalue weighted by Crippen LogP contribution is 2.35. The van der Waals surface area contributed by atoms with Crippen molar-refractivity contribution in [3.63, 3.8) is 0 Å². The summed E-state index contributed by atoms with van der Waals surface area (Å²) in [7, 11) is 0. The van der Waals surface area contributed by atoms with Gasteiger partial charge in [0, 0.05) is 24.0 Å². The van der Waals surface area contributed by atoms with Crippen molar-refractivity contribution in [2.75, 3.05) is 26.2 Å². The lowest BCUT2D eigenvalue weighted by Gasteiger charge is -2.37. The monoisotopic (exact) mass is 469 g/mol. The molecule has 0 radical (unpaired) electrons. The molecular weight excluding hydrogens is 434 g/mol. The summed E-state index contributed by atoms with van der Waals surface area (Å²) >= 11 is 1.74. The summed E-state index contributed by atoms with van der Waals surface area (Å²) in [6.07, 6.45) is 3.11. The van der Waals surface area contributed by atoms with Crippen LogP contribution in [0.1, 0.15) is 54.3 Å². The molecule has 1 aromatic heterocycles. The first-order valence-corrected chi connectivity index (χ1v) is 12.8. The van der Waals surface area contributed by atoms with Gasteiger partial charge in [0.25, 0.3) is 0 Å². The maximum atomic E-state index is 13.5. The van der Waals surface area contributed by atoms with Crippen LogP contribution in [0.2, 0.25) is 0 Å². The minimum Gasteiger partial charge on any atom is -0.491 e. The predicted molar refractivity (Wildman–Crippen MR) is 132 cm³/mol. The third-order valence-electron chi connectivity index (χ3n) is 6.34. The van der Waals surface area contributed by atoms with Crippen LogP contribution in [-0.4, -0.2) is 54.0 Å². The van der Waals surface area contributed by atoms with Crippen LogP contribution in [0.15, 0.2) is 29.6 Å². The Kier molecular flexibility index (Phi) is 7.27. The second kappa shape index (κ2) is 10.2. The van der Waals surface area contributed by atoms with Crippen LogP contribution in [0.3, 0.4) is 0 Å². The van der Waals surface area contributed by atoms with E-state index < -0.39 is 0 Å². The van der Waals surface area contributed by atoms with E-state index in [4.69, 9.17) is 4.74 Å². The van der Waals surface area contributed by atoms with Crippen molar-refractivity contribution in [1.82, 2.24) is 15.1 Å². The van der Waals surface area contributed by atoms with Gasteiger partial charge in [-0.15, -0.1) is 11.3 Å². The van der Waals surface area contributed by atoms with Gasteiger partial charge in [0.1, 0.15) is 18.9 Å². The van der Waals surface area contributed by atoms with Crippen LogP contribution in [0, 0.1) is 19.8 Å². The molecule has 0 saturated heterocycles. The molecule has 1 fully saturated rings. The summed E-state index contributed by atoms with van der Waals surface area (Å²) < 4.78 is 6.24. The molecule has 1 aliphatic heterocycles. The number of nitrogens with one attached hydrogen (secondary N) is 1. The Hall–Kier alpha value is -2.54. The van der Waals surface area contributed by atoms with Crippen molar-refractivity contribution in [1.29, 1.82) is 0 Å². The highest BCUT2D eigenvalue weighted by Gasteiger charge is 2.35. The highest BCUT2D eigenvalue weighted by atomic mass is 32.1. The Labute approximate surface area is 200 Å². The van der Waals surface area contributed by atoms with Crippen molar-refractivity contribution < 1.29 is 14.3 Å². The number of rotatable bonds is 8. The average Bonchev–Trinajstić information content (AvgIpc) is 3.44. The van der Waals surface area contributed by atoms with Gasteiger partial charge in [0.2, 0.25) is 5.91 Å². The zero-order chi connectivity index (χ0) is 23.5. The van der Waals surface area contributed by atoms with Gasteiger partial charge in [-0.3, -0.25) is 4.79 Å². The summed E-state index contributed by atoms with van der Waals surface area (Å²) in [6, 6.07) is 8.01. The number of thiophene rings is 1. The van der Waals surface area contributed by atoms with Gasteiger partial charge in [-0.25, -0.2) is 4.79 Å². The molecule has 33 heavy (non-hydrogen) atoms. The lowest BCUT2D eigenvalue weighted by molar-refractivity contribution is -0.135. The molecule has 1 aliphatic carbocycles. The minimum atomic E-state index is -0.151. The summed E-state index contributed by atoms with van der Waals surface area (Å²) in [4.78, 5) is 31.2. The third kappa shape index (κ3) is 5.88. The fourth-order valence-corrected chi connectivity index (χ4v) is 5.36. The molecule has 7 heteroatoms. The van der Waals surface area contributed by atoms with Gasteiger partial charge in [-0.1, -0.05) is 17.7 Å². The van der Waals surface area contributed by atoms with E-state index in [1.54, 1.807) is 16.2 Å². The Morgan fingerprint density at radius 3 is 2.73 bits per heavy atom. The molecule has 0 bridgehead atoms. The van der Waals surface area contributed by atoms with E-state index in [1.807, 2.05) is 37.8 Å². The summed E-state index contributed by atoms with van der Waals surface area (Å²) in [5, 5.41) is 5.05. The molecule has 1 aromatic carbocycles. The molecule has 178 valence electrons. The van der Waals surface area contributed by atoms with Crippen LogP contribution in [0.4, 0.5) is 4.79 Å². The van der Waals surface area contributed by atoms with E-state index in [1.165, 1.54) is 16.0 Å². The van der Waals surface area contributed by atoms with Crippen molar-refractivity contribution >= 4 is 23.3 Å². The number of ether oxygens (including phenoxy) is 1. The molecule has 6 nitrogen and oxygen atoms in total. The molecule has 1 atom stereocenters. The van der Waals surface area contributed by atoms with E-state index in [9.17, 15) is 9.59 Å². The van der Waals surface area contributed by atoms with E-state index >= 15 is 0 Å². The topological polar surface area (TPSA) is 61.9 Å². The first-order chi connectivity index (χ1) is 15.8. The van der Waals surface area contributed by atoms with Gasteiger partial charge in [0.05, 0.1) is 6.04 Å². The fourth-order valence-electron chi connectivity index (χ4n) is 4.43. The highest BCUT2D eigenvalue weighted by molar-refractivity contribution is 7.10. The Morgan fingerprint density at radius 2 is 2.03 bits per heavy atom. The summed E-state index contributed by atoms with van der Waals surface area (Å²) in [5.74, 6) is 1.35. The lowest BCUT2D eigenvalue weighted by Crippen LogP contribution is -2.51. The van der Waals surface area contributed by atoms with Crippen LogP contribution < -0.4 is 10.1 Å². The molecule has 3 amide bonds. The molecule has 4 rings (SSSR count).